The lowest BCUT2D eigenvalue weighted by Gasteiger charge is -2.29. The maximum absolute atomic E-state index is 13.9. The molecular formula is C33H34ClFN10O. The standard InChI is InChI=1S/C33H34ClFN10O/c1-5-6-14-44-21(2)39-26-12-11-24(34)30(31(26)44)25-8-7-9-29(40-25)41(3)43-16-15-42(20-43)32-23-18-38-45(33(23)37-19-36-32)27-13-10-22(35)17-28(27)46-4/h7-13,17-19H,5-6,14-16,20H2,1-4H3. The van der Waals surface area contributed by atoms with Gasteiger partial charge in [-0.25, -0.2) is 29.0 Å². The Hall–Kier alpha value is -4.81. The largest absolute Gasteiger partial charge is 0.494 e. The molecule has 1 aliphatic heterocycles. The number of anilines is 2. The normalized spacial score (nSPS) is 13.7. The average molecular weight is 641 g/mol. The van der Waals surface area contributed by atoms with Crippen LogP contribution in [-0.2, 0) is 6.54 Å². The van der Waals surface area contributed by atoms with Gasteiger partial charge >= 0.3 is 0 Å². The molecule has 0 saturated carbocycles. The lowest BCUT2D eigenvalue weighted by molar-refractivity contribution is 0.328. The fourth-order valence-corrected chi connectivity index (χ4v) is 6.36. The Morgan fingerprint density at radius 2 is 1.93 bits per heavy atom. The second-order valence-electron chi connectivity index (χ2n) is 11.3. The summed E-state index contributed by atoms with van der Waals surface area (Å²) in [5.74, 6) is 2.52. The van der Waals surface area contributed by atoms with Gasteiger partial charge in [-0.3, -0.25) is 5.01 Å². The van der Waals surface area contributed by atoms with Gasteiger partial charge in [0.05, 0.1) is 47.1 Å². The fraction of sp³-hybridized carbons (Fsp3) is 0.303. The van der Waals surface area contributed by atoms with Crippen molar-refractivity contribution in [1.82, 2.24) is 39.3 Å². The molecule has 46 heavy (non-hydrogen) atoms. The number of unbranched alkanes of at least 4 members (excludes halogenated alkanes) is 1. The van der Waals surface area contributed by atoms with E-state index in [1.54, 1.807) is 16.9 Å². The molecule has 0 unspecified atom stereocenters. The molecule has 1 fully saturated rings. The molecule has 5 heterocycles. The number of hydrogen-bond acceptors (Lipinski definition) is 9. The number of benzene rings is 2. The zero-order valence-electron chi connectivity index (χ0n) is 26.2. The first kappa shape index (κ1) is 29.9. The molecule has 11 nitrogen and oxygen atoms in total. The molecule has 1 aliphatic rings. The third-order valence-electron chi connectivity index (χ3n) is 8.51. The van der Waals surface area contributed by atoms with Crippen molar-refractivity contribution in [2.45, 2.75) is 33.2 Å². The van der Waals surface area contributed by atoms with Crippen molar-refractivity contribution in [3.05, 3.63) is 77.7 Å². The number of nitrogens with zero attached hydrogens (tertiary/aromatic N) is 10. The Morgan fingerprint density at radius 1 is 1.07 bits per heavy atom. The highest BCUT2D eigenvalue weighted by Crippen LogP contribution is 2.36. The first-order chi connectivity index (χ1) is 22.4. The molecule has 0 atom stereocenters. The molecule has 4 aromatic heterocycles. The highest BCUT2D eigenvalue weighted by molar-refractivity contribution is 6.34. The van der Waals surface area contributed by atoms with Crippen molar-refractivity contribution >= 4 is 45.3 Å². The molecule has 0 spiro atoms. The number of hydrogen-bond donors (Lipinski definition) is 0. The van der Waals surface area contributed by atoms with E-state index in [9.17, 15) is 4.39 Å². The predicted octanol–water partition coefficient (Wildman–Crippen LogP) is 6.27. The van der Waals surface area contributed by atoms with Gasteiger partial charge in [-0.15, -0.1) is 0 Å². The van der Waals surface area contributed by atoms with Gasteiger partial charge in [0.1, 0.15) is 41.0 Å². The molecule has 6 aromatic rings. The SMILES string of the molecule is CCCCn1c(C)nc2ccc(Cl)c(-c3cccc(N(C)N4CCN(c5ncnc6c5cnn6-c5ccc(F)cc5OC)C4)n3)c21. The highest BCUT2D eigenvalue weighted by Gasteiger charge is 2.28. The van der Waals surface area contributed by atoms with E-state index >= 15 is 0 Å². The van der Waals surface area contributed by atoms with Gasteiger partial charge in [-0.2, -0.15) is 10.1 Å². The summed E-state index contributed by atoms with van der Waals surface area (Å²) >= 11 is 6.86. The number of rotatable bonds is 9. The average Bonchev–Trinajstić information content (AvgIpc) is 3.81. The number of halogens is 2. The molecule has 13 heteroatoms. The quantitative estimate of drug-likeness (QED) is 0.181. The van der Waals surface area contributed by atoms with E-state index in [1.165, 1.54) is 25.6 Å². The Kier molecular flexibility index (Phi) is 7.91. The predicted molar refractivity (Wildman–Crippen MR) is 178 cm³/mol. The van der Waals surface area contributed by atoms with E-state index in [-0.39, 0.29) is 5.82 Å². The fourth-order valence-electron chi connectivity index (χ4n) is 6.12. The van der Waals surface area contributed by atoms with Crippen LogP contribution in [0.1, 0.15) is 25.6 Å². The summed E-state index contributed by atoms with van der Waals surface area (Å²) in [7, 11) is 3.52. The number of fused-ring (bicyclic) bond motifs is 2. The van der Waals surface area contributed by atoms with Crippen molar-refractivity contribution in [2.24, 2.45) is 0 Å². The van der Waals surface area contributed by atoms with E-state index in [1.807, 2.05) is 44.3 Å². The summed E-state index contributed by atoms with van der Waals surface area (Å²) in [5.41, 5.74) is 4.83. The first-order valence-corrected chi connectivity index (χ1v) is 15.6. The number of methoxy groups -OCH3 is 1. The van der Waals surface area contributed by atoms with Gasteiger partial charge in [0, 0.05) is 38.3 Å². The van der Waals surface area contributed by atoms with Crippen LogP contribution < -0.4 is 14.6 Å². The molecule has 0 radical (unpaired) electrons. The number of pyridine rings is 1. The van der Waals surface area contributed by atoms with Gasteiger partial charge < -0.3 is 14.2 Å². The molecule has 0 amide bonds. The number of ether oxygens (including phenoxy) is 1. The van der Waals surface area contributed by atoms with Gasteiger partial charge in [0.2, 0.25) is 0 Å². The van der Waals surface area contributed by atoms with E-state index in [0.29, 0.717) is 28.8 Å². The second-order valence-corrected chi connectivity index (χ2v) is 11.7. The molecule has 2 aromatic carbocycles. The van der Waals surface area contributed by atoms with Gasteiger partial charge in [-0.05, 0) is 49.7 Å². The number of hydrazine groups is 1. The summed E-state index contributed by atoms with van der Waals surface area (Å²) < 4.78 is 23.2. The monoisotopic (exact) mass is 640 g/mol. The van der Waals surface area contributed by atoms with Crippen LogP contribution >= 0.6 is 11.6 Å². The molecule has 0 N–H and O–H groups in total. The Morgan fingerprint density at radius 3 is 2.76 bits per heavy atom. The van der Waals surface area contributed by atoms with E-state index in [4.69, 9.17) is 26.3 Å². The van der Waals surface area contributed by atoms with Crippen LogP contribution in [-0.4, -0.2) is 73.2 Å². The molecular weight excluding hydrogens is 607 g/mol. The molecule has 1 saturated heterocycles. The van der Waals surface area contributed by atoms with Crippen LogP contribution in [0, 0.1) is 12.7 Å². The maximum atomic E-state index is 13.9. The summed E-state index contributed by atoms with van der Waals surface area (Å²) in [5, 5.41) is 10.3. The molecule has 236 valence electrons. The van der Waals surface area contributed by atoms with Crippen molar-refractivity contribution < 1.29 is 9.13 Å². The van der Waals surface area contributed by atoms with Crippen molar-refractivity contribution in [1.29, 1.82) is 0 Å². The van der Waals surface area contributed by atoms with Gasteiger partial charge in [0.25, 0.3) is 0 Å². The van der Waals surface area contributed by atoms with E-state index in [2.05, 4.69) is 41.5 Å². The zero-order chi connectivity index (χ0) is 31.9. The Bertz CT molecular complexity index is 2060. The smallest absolute Gasteiger partial charge is 0.168 e. The molecule has 0 aliphatic carbocycles. The first-order valence-electron chi connectivity index (χ1n) is 15.3. The summed E-state index contributed by atoms with van der Waals surface area (Å²) in [6.45, 7) is 7.19. The van der Waals surface area contributed by atoms with E-state index in [0.717, 1.165) is 77.6 Å². The van der Waals surface area contributed by atoms with Crippen LogP contribution in [0.5, 0.6) is 5.75 Å². The Balaban J connectivity index is 1.17. The van der Waals surface area contributed by atoms with Crippen molar-refractivity contribution in [3.8, 4) is 22.7 Å². The number of aryl methyl sites for hydroxylation is 2. The summed E-state index contributed by atoms with van der Waals surface area (Å²) in [6.07, 6.45) is 5.41. The summed E-state index contributed by atoms with van der Waals surface area (Å²) in [4.78, 5) is 21.2. The topological polar surface area (TPSA) is 93.3 Å². The number of imidazole rings is 1. The zero-order valence-corrected chi connectivity index (χ0v) is 26.9. The minimum absolute atomic E-state index is 0.368. The van der Waals surface area contributed by atoms with Crippen molar-refractivity contribution in [3.63, 3.8) is 0 Å². The second kappa shape index (κ2) is 12.2. The minimum atomic E-state index is -0.387. The third-order valence-corrected chi connectivity index (χ3v) is 8.82. The van der Waals surface area contributed by atoms with Gasteiger partial charge in [-0.1, -0.05) is 31.0 Å². The number of aromatic nitrogens is 7. The molecule has 7 rings (SSSR count). The molecule has 0 bridgehead atoms. The summed E-state index contributed by atoms with van der Waals surface area (Å²) in [6, 6.07) is 14.2. The van der Waals surface area contributed by atoms with Gasteiger partial charge in [0.15, 0.2) is 5.65 Å². The lowest BCUT2D eigenvalue weighted by Crippen LogP contribution is -2.40. The van der Waals surface area contributed by atoms with Crippen LogP contribution in [0.4, 0.5) is 16.0 Å². The van der Waals surface area contributed by atoms with Crippen LogP contribution in [0.15, 0.2) is 61.1 Å². The minimum Gasteiger partial charge on any atom is -0.494 e. The van der Waals surface area contributed by atoms with E-state index < -0.39 is 0 Å². The van der Waals surface area contributed by atoms with Crippen LogP contribution in [0.2, 0.25) is 5.02 Å². The highest BCUT2D eigenvalue weighted by atomic mass is 35.5. The van der Waals surface area contributed by atoms with Crippen LogP contribution in [0.3, 0.4) is 0 Å². The maximum Gasteiger partial charge on any atom is 0.168 e. The van der Waals surface area contributed by atoms with Crippen LogP contribution in [0.25, 0.3) is 39.0 Å². The lowest BCUT2D eigenvalue weighted by atomic mass is 10.1. The van der Waals surface area contributed by atoms with Crippen molar-refractivity contribution in [2.75, 3.05) is 43.8 Å². The Labute approximate surface area is 270 Å². The third kappa shape index (κ3) is 5.17.